The molecule has 0 aromatic carbocycles. The van der Waals surface area contributed by atoms with Crippen molar-refractivity contribution in [2.75, 3.05) is 13.8 Å². The number of hydrogen-bond acceptors (Lipinski definition) is 4. The molecule has 8 heteroatoms. The highest BCUT2D eigenvalue weighted by Gasteiger charge is 2.35. The molecule has 0 aliphatic carbocycles. The molecule has 0 saturated carbocycles. The van der Waals surface area contributed by atoms with E-state index in [1.54, 1.807) is 0 Å². The molecule has 88 valence electrons. The lowest BCUT2D eigenvalue weighted by Gasteiger charge is -2.06. The molecule has 0 spiro atoms. The summed E-state index contributed by atoms with van der Waals surface area (Å²) in [5.74, 6) is -2.10. The zero-order valence-corrected chi connectivity index (χ0v) is 8.21. The first-order valence-electron chi connectivity index (χ1n) is 4.12. The molecule has 0 atom stereocenters. The van der Waals surface area contributed by atoms with Crippen LogP contribution in [0.2, 0.25) is 0 Å². The van der Waals surface area contributed by atoms with Gasteiger partial charge in [0.1, 0.15) is 12.4 Å². The number of carbonyl (C=O) groups is 1. The topological polar surface area (TPSA) is 64.1 Å². The highest BCUT2D eigenvalue weighted by Crippen LogP contribution is 2.25. The predicted octanol–water partition coefficient (Wildman–Crippen LogP) is 0.829. The highest BCUT2D eigenvalue weighted by atomic mass is 19.4. The van der Waals surface area contributed by atoms with E-state index < -0.39 is 17.9 Å². The smallest absolute Gasteiger partial charge is 0.364 e. The monoisotopic (exact) mass is 235 g/mol. The number of nitrogens with one attached hydrogen (secondary N) is 1. The molecule has 1 amide bonds. The van der Waals surface area contributed by atoms with Crippen LogP contribution in [0.15, 0.2) is 12.3 Å². The lowest BCUT2D eigenvalue weighted by molar-refractivity contribution is -0.145. The SMILES string of the molecule is COCNC(=O)c1ccnc(C(F)(F)F)n1. The van der Waals surface area contributed by atoms with E-state index in [-0.39, 0.29) is 12.4 Å². The number of aromatic nitrogens is 2. The van der Waals surface area contributed by atoms with Gasteiger partial charge < -0.3 is 10.1 Å². The Bertz CT molecular complexity index is 381. The Morgan fingerprint density at radius 1 is 1.56 bits per heavy atom. The molecule has 0 aliphatic heterocycles. The van der Waals surface area contributed by atoms with Crippen LogP contribution in [0.25, 0.3) is 0 Å². The van der Waals surface area contributed by atoms with Gasteiger partial charge in [0, 0.05) is 13.3 Å². The third-order valence-corrected chi connectivity index (χ3v) is 1.52. The number of carbonyl (C=O) groups excluding carboxylic acids is 1. The van der Waals surface area contributed by atoms with Gasteiger partial charge in [0.15, 0.2) is 0 Å². The fraction of sp³-hybridized carbons (Fsp3) is 0.375. The third kappa shape index (κ3) is 3.16. The lowest BCUT2D eigenvalue weighted by Crippen LogP contribution is -2.27. The standard InChI is InChI=1S/C8H8F3N3O2/c1-16-4-13-6(15)5-2-3-12-7(14-5)8(9,10)11/h2-3H,4H2,1H3,(H,13,15). The molecule has 0 unspecified atom stereocenters. The first-order valence-corrected chi connectivity index (χ1v) is 4.12. The van der Waals surface area contributed by atoms with Gasteiger partial charge >= 0.3 is 6.18 Å². The van der Waals surface area contributed by atoms with E-state index in [1.165, 1.54) is 7.11 Å². The van der Waals surface area contributed by atoms with E-state index in [9.17, 15) is 18.0 Å². The maximum Gasteiger partial charge on any atom is 0.451 e. The Balaban J connectivity index is 2.86. The van der Waals surface area contributed by atoms with E-state index in [4.69, 9.17) is 0 Å². The predicted molar refractivity (Wildman–Crippen MR) is 46.4 cm³/mol. The van der Waals surface area contributed by atoms with E-state index in [1.807, 2.05) is 0 Å². The zero-order valence-electron chi connectivity index (χ0n) is 8.21. The van der Waals surface area contributed by atoms with Crippen molar-refractivity contribution in [2.24, 2.45) is 0 Å². The van der Waals surface area contributed by atoms with Crippen LogP contribution in [0.5, 0.6) is 0 Å². The Labute approximate surface area is 88.7 Å². The summed E-state index contributed by atoms with van der Waals surface area (Å²) in [7, 11) is 1.33. The number of nitrogens with zero attached hydrogens (tertiary/aromatic N) is 2. The van der Waals surface area contributed by atoms with Gasteiger partial charge in [0.05, 0.1) is 0 Å². The minimum atomic E-state index is -4.67. The van der Waals surface area contributed by atoms with Gasteiger partial charge in [-0.1, -0.05) is 0 Å². The summed E-state index contributed by atoms with van der Waals surface area (Å²) >= 11 is 0. The Hall–Kier alpha value is -1.70. The maximum absolute atomic E-state index is 12.2. The summed E-state index contributed by atoms with van der Waals surface area (Å²) in [6, 6.07) is 1.08. The summed E-state index contributed by atoms with van der Waals surface area (Å²) in [4.78, 5) is 17.4. The lowest BCUT2D eigenvalue weighted by atomic mass is 10.3. The average molecular weight is 235 g/mol. The van der Waals surface area contributed by atoms with Crippen LogP contribution in [0.4, 0.5) is 13.2 Å². The first kappa shape index (κ1) is 12.4. The molecule has 0 aliphatic rings. The zero-order chi connectivity index (χ0) is 12.2. The number of rotatable bonds is 3. The molecule has 1 heterocycles. The molecular weight excluding hydrogens is 227 g/mol. The number of amides is 1. The fourth-order valence-corrected chi connectivity index (χ4v) is 0.850. The Morgan fingerprint density at radius 3 is 2.81 bits per heavy atom. The van der Waals surface area contributed by atoms with Gasteiger partial charge in [0.2, 0.25) is 5.82 Å². The van der Waals surface area contributed by atoms with Crippen molar-refractivity contribution in [1.82, 2.24) is 15.3 Å². The van der Waals surface area contributed by atoms with E-state index in [0.29, 0.717) is 0 Å². The molecule has 5 nitrogen and oxygen atoms in total. The number of hydrogen-bond donors (Lipinski definition) is 1. The van der Waals surface area contributed by atoms with Crippen molar-refractivity contribution in [3.63, 3.8) is 0 Å². The molecule has 0 radical (unpaired) electrons. The van der Waals surface area contributed by atoms with Crippen molar-refractivity contribution >= 4 is 5.91 Å². The maximum atomic E-state index is 12.2. The molecule has 1 rings (SSSR count). The fourth-order valence-electron chi connectivity index (χ4n) is 0.850. The quantitative estimate of drug-likeness (QED) is 0.788. The molecule has 1 aromatic heterocycles. The van der Waals surface area contributed by atoms with Gasteiger partial charge in [-0.25, -0.2) is 9.97 Å². The van der Waals surface area contributed by atoms with Gasteiger partial charge in [-0.2, -0.15) is 13.2 Å². The molecule has 0 saturated heterocycles. The summed E-state index contributed by atoms with van der Waals surface area (Å²) in [6.07, 6.45) is -3.80. The van der Waals surface area contributed by atoms with Gasteiger partial charge in [-0.05, 0) is 6.07 Å². The number of methoxy groups -OCH3 is 1. The summed E-state index contributed by atoms with van der Waals surface area (Å²) < 4.78 is 41.1. The van der Waals surface area contributed by atoms with Gasteiger partial charge in [-0.3, -0.25) is 4.79 Å². The van der Waals surface area contributed by atoms with Crippen LogP contribution in [0.1, 0.15) is 16.3 Å². The molecule has 1 N–H and O–H groups in total. The molecule has 16 heavy (non-hydrogen) atoms. The second kappa shape index (κ2) is 4.88. The number of alkyl halides is 3. The van der Waals surface area contributed by atoms with E-state index in [0.717, 1.165) is 12.3 Å². The van der Waals surface area contributed by atoms with Crippen molar-refractivity contribution in [1.29, 1.82) is 0 Å². The van der Waals surface area contributed by atoms with Crippen LogP contribution in [-0.4, -0.2) is 29.7 Å². The summed E-state index contributed by atoms with van der Waals surface area (Å²) in [6.45, 7) is -0.107. The van der Waals surface area contributed by atoms with Crippen molar-refractivity contribution in [3.05, 3.63) is 23.8 Å². The van der Waals surface area contributed by atoms with Gasteiger partial charge in [0.25, 0.3) is 5.91 Å². The molecular formula is C8H8F3N3O2. The van der Waals surface area contributed by atoms with E-state index >= 15 is 0 Å². The molecule has 1 aromatic rings. The summed E-state index contributed by atoms with van der Waals surface area (Å²) in [5, 5.41) is 2.21. The first-order chi connectivity index (χ1) is 7.45. The largest absolute Gasteiger partial charge is 0.451 e. The minimum Gasteiger partial charge on any atom is -0.364 e. The van der Waals surface area contributed by atoms with Crippen molar-refractivity contribution in [2.45, 2.75) is 6.18 Å². The molecule has 0 fully saturated rings. The second-order valence-electron chi connectivity index (χ2n) is 2.70. The van der Waals surface area contributed by atoms with Crippen LogP contribution < -0.4 is 5.32 Å². The van der Waals surface area contributed by atoms with Crippen LogP contribution in [-0.2, 0) is 10.9 Å². The second-order valence-corrected chi connectivity index (χ2v) is 2.70. The van der Waals surface area contributed by atoms with Crippen LogP contribution >= 0.6 is 0 Å². The number of ether oxygens (including phenoxy) is 1. The van der Waals surface area contributed by atoms with Crippen LogP contribution in [0.3, 0.4) is 0 Å². The van der Waals surface area contributed by atoms with Gasteiger partial charge in [-0.15, -0.1) is 0 Å². The average Bonchev–Trinajstić information content (AvgIpc) is 2.25. The van der Waals surface area contributed by atoms with Crippen LogP contribution in [0, 0.1) is 0 Å². The highest BCUT2D eigenvalue weighted by molar-refractivity contribution is 5.92. The number of halogens is 3. The minimum absolute atomic E-state index is 0.107. The normalized spacial score (nSPS) is 11.2. The summed E-state index contributed by atoms with van der Waals surface area (Å²) in [5.41, 5.74) is -0.362. The van der Waals surface area contributed by atoms with E-state index in [2.05, 4.69) is 20.0 Å². The van der Waals surface area contributed by atoms with Crippen molar-refractivity contribution < 1.29 is 22.7 Å². The van der Waals surface area contributed by atoms with Crippen molar-refractivity contribution in [3.8, 4) is 0 Å². The Kier molecular flexibility index (Phi) is 3.78. The third-order valence-electron chi connectivity index (χ3n) is 1.52. The molecule has 0 bridgehead atoms. The Morgan fingerprint density at radius 2 is 2.25 bits per heavy atom.